The number of halogens is 1. The smallest absolute Gasteiger partial charge is 0.339 e. The molecule has 8 nitrogen and oxygen atoms in total. The number of ether oxygens (including phenoxy) is 1. The van der Waals surface area contributed by atoms with Crippen molar-refractivity contribution in [1.29, 1.82) is 0 Å². The quantitative estimate of drug-likeness (QED) is 0.177. The molecular formula is C25H24ClN3O5S. The fourth-order valence-corrected chi connectivity index (χ4v) is 3.44. The zero-order valence-electron chi connectivity index (χ0n) is 19.1. The first-order chi connectivity index (χ1) is 16.6. The van der Waals surface area contributed by atoms with E-state index in [2.05, 4.69) is 22.4 Å². The molecule has 3 aromatic rings. The number of benzene rings is 3. The first kappa shape index (κ1) is 25.8. The highest BCUT2D eigenvalue weighted by Gasteiger charge is 2.11. The SMILES string of the molecule is C=C(C)COc1ccc(C(=NNC(=O)Nc2ccc(Cl)cc2)c2ccc(OS(C)(=O)=O)cc2)cc1. The topological polar surface area (TPSA) is 106 Å². The fraction of sp³-hybridized carbons (Fsp3) is 0.120. The molecule has 2 amide bonds. The molecule has 0 spiro atoms. The van der Waals surface area contributed by atoms with Crippen LogP contribution in [0.1, 0.15) is 18.1 Å². The van der Waals surface area contributed by atoms with Gasteiger partial charge < -0.3 is 14.2 Å². The van der Waals surface area contributed by atoms with Crippen LogP contribution >= 0.6 is 11.6 Å². The lowest BCUT2D eigenvalue weighted by Gasteiger charge is -2.11. The van der Waals surface area contributed by atoms with Crippen molar-refractivity contribution in [2.75, 3.05) is 18.2 Å². The van der Waals surface area contributed by atoms with Crippen molar-refractivity contribution in [3.05, 3.63) is 101 Å². The second-order valence-corrected chi connectivity index (χ2v) is 9.63. The third-order valence-electron chi connectivity index (χ3n) is 4.36. The molecule has 10 heteroatoms. The standard InChI is InChI=1S/C25H24ClN3O5S/c1-17(2)16-33-22-12-4-18(5-13-22)24(19-6-14-23(15-7-19)34-35(3,31)32)28-29-25(30)27-21-10-8-20(26)9-11-21/h4-15H,1,16H2,2-3H3,(H2,27,29,30). The summed E-state index contributed by atoms with van der Waals surface area (Å²) in [6.07, 6.45) is 0.967. The molecule has 0 unspecified atom stereocenters. The number of rotatable bonds is 9. The van der Waals surface area contributed by atoms with Gasteiger partial charge in [-0.2, -0.15) is 13.5 Å². The minimum absolute atomic E-state index is 0.160. The summed E-state index contributed by atoms with van der Waals surface area (Å²) >= 11 is 5.87. The number of carbonyl (C=O) groups is 1. The van der Waals surface area contributed by atoms with Gasteiger partial charge in [-0.1, -0.05) is 18.2 Å². The minimum Gasteiger partial charge on any atom is -0.489 e. The summed E-state index contributed by atoms with van der Waals surface area (Å²) in [5, 5.41) is 7.52. The average molecular weight is 514 g/mol. The summed E-state index contributed by atoms with van der Waals surface area (Å²) < 4.78 is 33.3. The summed E-state index contributed by atoms with van der Waals surface area (Å²) in [5.41, 5.74) is 5.67. The van der Waals surface area contributed by atoms with Crippen molar-refractivity contribution >= 4 is 39.1 Å². The van der Waals surface area contributed by atoms with Gasteiger partial charge in [0.05, 0.1) is 12.0 Å². The lowest BCUT2D eigenvalue weighted by Crippen LogP contribution is -2.26. The largest absolute Gasteiger partial charge is 0.489 e. The first-order valence-electron chi connectivity index (χ1n) is 10.4. The molecule has 0 heterocycles. The lowest BCUT2D eigenvalue weighted by atomic mass is 10.0. The van der Waals surface area contributed by atoms with Gasteiger partial charge in [0.1, 0.15) is 18.1 Å². The molecule has 2 N–H and O–H groups in total. The zero-order valence-corrected chi connectivity index (χ0v) is 20.7. The summed E-state index contributed by atoms with van der Waals surface area (Å²) in [6, 6.07) is 19.5. The highest BCUT2D eigenvalue weighted by atomic mass is 35.5. The van der Waals surface area contributed by atoms with Crippen LogP contribution in [0.15, 0.2) is 90.0 Å². The molecule has 0 atom stereocenters. The number of hydrazone groups is 1. The maximum absolute atomic E-state index is 12.4. The molecule has 3 rings (SSSR count). The van der Waals surface area contributed by atoms with E-state index in [0.29, 0.717) is 39.9 Å². The Kier molecular flexibility index (Phi) is 8.51. The highest BCUT2D eigenvalue weighted by molar-refractivity contribution is 7.86. The van der Waals surface area contributed by atoms with Gasteiger partial charge in [-0.25, -0.2) is 10.2 Å². The average Bonchev–Trinajstić information content (AvgIpc) is 2.80. The Labute approximate surface area is 209 Å². The van der Waals surface area contributed by atoms with Crippen molar-refractivity contribution in [2.24, 2.45) is 5.10 Å². The number of anilines is 1. The monoisotopic (exact) mass is 513 g/mol. The van der Waals surface area contributed by atoms with E-state index in [0.717, 1.165) is 11.8 Å². The molecular weight excluding hydrogens is 490 g/mol. The van der Waals surface area contributed by atoms with Gasteiger partial charge in [0.2, 0.25) is 0 Å². The predicted octanol–water partition coefficient (Wildman–Crippen LogP) is 5.21. The van der Waals surface area contributed by atoms with Crippen molar-refractivity contribution in [3.63, 3.8) is 0 Å². The van der Waals surface area contributed by atoms with Gasteiger partial charge >= 0.3 is 16.1 Å². The Bertz CT molecular complexity index is 1320. The molecule has 35 heavy (non-hydrogen) atoms. The summed E-state index contributed by atoms with van der Waals surface area (Å²) in [6.45, 7) is 6.08. The van der Waals surface area contributed by atoms with E-state index in [4.69, 9.17) is 20.5 Å². The van der Waals surface area contributed by atoms with Crippen LogP contribution in [-0.4, -0.2) is 33.0 Å². The Morgan fingerprint density at radius 1 is 0.943 bits per heavy atom. The summed E-state index contributed by atoms with van der Waals surface area (Å²) in [7, 11) is -3.66. The molecule has 0 aliphatic rings. The van der Waals surface area contributed by atoms with E-state index in [9.17, 15) is 13.2 Å². The van der Waals surface area contributed by atoms with Crippen LogP contribution in [0, 0.1) is 0 Å². The maximum atomic E-state index is 12.4. The van der Waals surface area contributed by atoms with E-state index in [1.54, 1.807) is 60.7 Å². The second kappa shape index (κ2) is 11.5. The van der Waals surface area contributed by atoms with Crippen LogP contribution in [0.2, 0.25) is 5.02 Å². The number of nitrogens with one attached hydrogen (secondary N) is 2. The van der Waals surface area contributed by atoms with E-state index in [1.165, 1.54) is 12.1 Å². The normalized spacial score (nSPS) is 11.5. The van der Waals surface area contributed by atoms with E-state index >= 15 is 0 Å². The summed E-state index contributed by atoms with van der Waals surface area (Å²) in [4.78, 5) is 12.4. The van der Waals surface area contributed by atoms with E-state index in [1.807, 2.05) is 6.92 Å². The number of urea groups is 1. The van der Waals surface area contributed by atoms with E-state index < -0.39 is 16.1 Å². The number of amides is 2. The molecule has 0 saturated heterocycles. The van der Waals surface area contributed by atoms with Gasteiger partial charge in [-0.15, -0.1) is 0 Å². The van der Waals surface area contributed by atoms with Crippen molar-refractivity contribution < 1.29 is 22.1 Å². The number of carbonyl (C=O) groups excluding carboxylic acids is 1. The molecule has 0 radical (unpaired) electrons. The van der Waals surface area contributed by atoms with Gasteiger partial charge in [-0.05, 0) is 85.3 Å². The van der Waals surface area contributed by atoms with Crippen LogP contribution in [-0.2, 0) is 10.1 Å². The Balaban J connectivity index is 1.85. The molecule has 0 fully saturated rings. The molecule has 3 aromatic carbocycles. The van der Waals surface area contributed by atoms with Crippen LogP contribution < -0.4 is 19.7 Å². The molecule has 0 aliphatic heterocycles. The maximum Gasteiger partial charge on any atom is 0.339 e. The van der Waals surface area contributed by atoms with Crippen LogP contribution in [0.4, 0.5) is 10.5 Å². The van der Waals surface area contributed by atoms with Crippen molar-refractivity contribution in [3.8, 4) is 11.5 Å². The van der Waals surface area contributed by atoms with Crippen LogP contribution in [0.25, 0.3) is 0 Å². The van der Waals surface area contributed by atoms with E-state index in [-0.39, 0.29) is 5.75 Å². The second-order valence-electron chi connectivity index (χ2n) is 7.62. The number of hydrogen-bond acceptors (Lipinski definition) is 6. The molecule has 0 aromatic heterocycles. The van der Waals surface area contributed by atoms with Crippen LogP contribution in [0.3, 0.4) is 0 Å². The number of nitrogens with zero attached hydrogens (tertiary/aromatic N) is 1. The minimum atomic E-state index is -3.66. The van der Waals surface area contributed by atoms with Crippen molar-refractivity contribution in [1.82, 2.24) is 5.43 Å². The third kappa shape index (κ3) is 8.47. The van der Waals surface area contributed by atoms with Crippen molar-refractivity contribution in [2.45, 2.75) is 6.92 Å². The predicted molar refractivity (Wildman–Crippen MR) is 138 cm³/mol. The number of hydrogen-bond donors (Lipinski definition) is 2. The fourth-order valence-electron chi connectivity index (χ4n) is 2.85. The Morgan fingerprint density at radius 3 is 2.00 bits per heavy atom. The third-order valence-corrected chi connectivity index (χ3v) is 5.11. The van der Waals surface area contributed by atoms with Gasteiger partial charge in [0.25, 0.3) is 0 Å². The lowest BCUT2D eigenvalue weighted by molar-refractivity contribution is 0.252. The Hall–Kier alpha value is -3.82. The first-order valence-corrected chi connectivity index (χ1v) is 12.6. The Morgan fingerprint density at radius 2 is 1.49 bits per heavy atom. The molecule has 182 valence electrons. The molecule has 0 saturated carbocycles. The van der Waals surface area contributed by atoms with Crippen LogP contribution in [0.5, 0.6) is 11.5 Å². The zero-order chi connectivity index (χ0) is 25.4. The molecule has 0 bridgehead atoms. The van der Waals surface area contributed by atoms with Gasteiger partial charge in [0.15, 0.2) is 0 Å². The highest BCUT2D eigenvalue weighted by Crippen LogP contribution is 2.20. The van der Waals surface area contributed by atoms with Gasteiger partial charge in [-0.3, -0.25) is 0 Å². The summed E-state index contributed by atoms with van der Waals surface area (Å²) in [5.74, 6) is 0.814. The van der Waals surface area contributed by atoms with Gasteiger partial charge in [0, 0.05) is 21.8 Å². The molecule has 0 aliphatic carbocycles.